The molecule has 0 aliphatic heterocycles. The Balaban J connectivity index is 1.43. The number of aromatic nitrogens is 2. The highest BCUT2D eigenvalue weighted by atomic mass is 32.2. The summed E-state index contributed by atoms with van der Waals surface area (Å²) >= 11 is 3.37. The molecule has 0 saturated carbocycles. The van der Waals surface area contributed by atoms with E-state index in [9.17, 15) is 4.39 Å². The number of halogens is 1. The Kier molecular flexibility index (Phi) is 5.44. The van der Waals surface area contributed by atoms with Crippen molar-refractivity contribution in [2.45, 2.75) is 42.0 Å². The van der Waals surface area contributed by atoms with Crippen LogP contribution in [0.4, 0.5) is 4.39 Å². The standard InChI is InChI=1S/C24H21FN2OS2/c1-2-28-18-8-3-15(4-9-18)16-5-12-20-21(13-16)30-24-22(20)23(26-14-27-24)29-19-10-6-17(25)7-11-19/h3-4,6-11,14,16H,2,5,12-13H2,1H3. The third-order valence-electron chi connectivity index (χ3n) is 5.50. The van der Waals surface area contributed by atoms with Gasteiger partial charge in [-0.3, -0.25) is 0 Å². The molecule has 0 saturated heterocycles. The lowest BCUT2D eigenvalue weighted by Crippen LogP contribution is -2.11. The lowest BCUT2D eigenvalue weighted by Gasteiger charge is -2.23. The molecule has 1 unspecified atom stereocenters. The molecule has 2 aromatic heterocycles. The predicted molar refractivity (Wildman–Crippen MR) is 120 cm³/mol. The van der Waals surface area contributed by atoms with E-state index in [0.29, 0.717) is 12.5 Å². The second kappa shape index (κ2) is 8.36. The van der Waals surface area contributed by atoms with Crippen molar-refractivity contribution in [3.63, 3.8) is 0 Å². The van der Waals surface area contributed by atoms with E-state index in [0.717, 1.165) is 39.8 Å². The maximum Gasteiger partial charge on any atom is 0.128 e. The molecule has 0 amide bonds. The molecule has 4 aromatic rings. The summed E-state index contributed by atoms with van der Waals surface area (Å²) in [5.74, 6) is 1.22. The van der Waals surface area contributed by atoms with Gasteiger partial charge in [-0.2, -0.15) is 0 Å². The van der Waals surface area contributed by atoms with Crippen LogP contribution in [0.5, 0.6) is 5.75 Å². The van der Waals surface area contributed by atoms with E-state index in [-0.39, 0.29) is 5.82 Å². The first-order valence-electron chi connectivity index (χ1n) is 10.1. The Bertz CT molecular complexity index is 1170. The lowest BCUT2D eigenvalue weighted by atomic mass is 9.83. The number of ether oxygens (including phenoxy) is 1. The van der Waals surface area contributed by atoms with Gasteiger partial charge in [0.05, 0.1) is 6.61 Å². The molecule has 3 nitrogen and oxygen atoms in total. The largest absolute Gasteiger partial charge is 0.494 e. The molecule has 1 atom stereocenters. The van der Waals surface area contributed by atoms with Crippen LogP contribution in [0.25, 0.3) is 10.2 Å². The topological polar surface area (TPSA) is 35.0 Å². The Hall–Kier alpha value is -2.44. The van der Waals surface area contributed by atoms with E-state index in [1.165, 1.54) is 33.5 Å². The third kappa shape index (κ3) is 3.82. The van der Waals surface area contributed by atoms with Gasteiger partial charge in [-0.15, -0.1) is 11.3 Å². The Morgan fingerprint density at radius 3 is 2.67 bits per heavy atom. The molecule has 0 N–H and O–H groups in total. The summed E-state index contributed by atoms with van der Waals surface area (Å²) in [7, 11) is 0. The second-order valence-corrected chi connectivity index (χ2v) is 9.51. The zero-order valence-electron chi connectivity index (χ0n) is 16.6. The first-order valence-corrected chi connectivity index (χ1v) is 11.8. The Labute approximate surface area is 183 Å². The van der Waals surface area contributed by atoms with Crippen molar-refractivity contribution in [3.8, 4) is 5.75 Å². The van der Waals surface area contributed by atoms with Crippen molar-refractivity contribution in [2.75, 3.05) is 6.61 Å². The molecule has 30 heavy (non-hydrogen) atoms. The fourth-order valence-electron chi connectivity index (χ4n) is 4.06. The minimum Gasteiger partial charge on any atom is -0.494 e. The number of hydrogen-bond acceptors (Lipinski definition) is 5. The molecule has 2 heterocycles. The average molecular weight is 437 g/mol. The van der Waals surface area contributed by atoms with Crippen molar-refractivity contribution in [3.05, 3.63) is 76.7 Å². The van der Waals surface area contributed by atoms with Gasteiger partial charge < -0.3 is 4.74 Å². The summed E-state index contributed by atoms with van der Waals surface area (Å²) in [5, 5.41) is 2.14. The first-order chi connectivity index (χ1) is 14.7. The normalized spacial score (nSPS) is 15.9. The number of benzene rings is 2. The quantitative estimate of drug-likeness (QED) is 0.328. The molecule has 0 radical (unpaired) electrons. The molecule has 0 fully saturated rings. The van der Waals surface area contributed by atoms with E-state index in [2.05, 4.69) is 34.2 Å². The van der Waals surface area contributed by atoms with Crippen molar-refractivity contribution >= 4 is 33.3 Å². The molecule has 152 valence electrons. The van der Waals surface area contributed by atoms with Crippen molar-refractivity contribution in [1.29, 1.82) is 0 Å². The SMILES string of the molecule is CCOc1ccc(C2CCc3c(sc4ncnc(Sc5ccc(F)cc5)c34)C2)cc1. The lowest BCUT2D eigenvalue weighted by molar-refractivity contribution is 0.340. The number of rotatable bonds is 5. The highest BCUT2D eigenvalue weighted by Gasteiger charge is 2.26. The van der Waals surface area contributed by atoms with Gasteiger partial charge in [0, 0.05) is 15.2 Å². The van der Waals surface area contributed by atoms with Crippen LogP contribution in [0.3, 0.4) is 0 Å². The van der Waals surface area contributed by atoms with Crippen molar-refractivity contribution in [2.24, 2.45) is 0 Å². The number of aryl methyl sites for hydroxylation is 1. The summed E-state index contributed by atoms with van der Waals surface area (Å²) in [6.07, 6.45) is 4.81. The van der Waals surface area contributed by atoms with Crippen molar-refractivity contribution < 1.29 is 9.13 Å². The highest BCUT2D eigenvalue weighted by Crippen LogP contribution is 2.44. The molecular weight excluding hydrogens is 415 g/mol. The third-order valence-corrected chi connectivity index (χ3v) is 7.67. The molecule has 1 aliphatic carbocycles. The minimum atomic E-state index is -0.222. The predicted octanol–water partition coefficient (Wildman–Crippen LogP) is 6.65. The zero-order chi connectivity index (χ0) is 20.5. The van der Waals surface area contributed by atoms with Gasteiger partial charge >= 0.3 is 0 Å². The van der Waals surface area contributed by atoms with Gasteiger partial charge in [0.25, 0.3) is 0 Å². The van der Waals surface area contributed by atoms with Gasteiger partial charge in [-0.25, -0.2) is 14.4 Å². The second-order valence-electron chi connectivity index (χ2n) is 7.36. The van der Waals surface area contributed by atoms with E-state index < -0.39 is 0 Å². The highest BCUT2D eigenvalue weighted by molar-refractivity contribution is 7.99. The Morgan fingerprint density at radius 1 is 1.10 bits per heavy atom. The maximum atomic E-state index is 13.3. The summed E-state index contributed by atoms with van der Waals surface area (Å²) in [5.41, 5.74) is 2.76. The van der Waals surface area contributed by atoms with Gasteiger partial charge in [-0.05, 0) is 79.6 Å². The number of thiophene rings is 1. The van der Waals surface area contributed by atoms with Gasteiger partial charge in [0.2, 0.25) is 0 Å². The first kappa shape index (κ1) is 19.5. The van der Waals surface area contributed by atoms with Crippen LogP contribution in [-0.4, -0.2) is 16.6 Å². The van der Waals surface area contributed by atoms with Crippen LogP contribution in [0.15, 0.2) is 64.8 Å². The number of nitrogens with zero attached hydrogens (tertiary/aromatic N) is 2. The van der Waals surface area contributed by atoms with E-state index >= 15 is 0 Å². The van der Waals surface area contributed by atoms with Gasteiger partial charge in [0.1, 0.15) is 27.8 Å². The maximum absolute atomic E-state index is 13.3. The Morgan fingerprint density at radius 2 is 1.90 bits per heavy atom. The van der Waals surface area contributed by atoms with Crippen LogP contribution in [0, 0.1) is 5.82 Å². The molecule has 0 spiro atoms. The fourth-order valence-corrected chi connectivity index (χ4v) is 6.31. The van der Waals surface area contributed by atoms with Crippen LogP contribution in [0.1, 0.15) is 35.3 Å². The summed E-state index contributed by atoms with van der Waals surface area (Å²) in [6, 6.07) is 15.1. The van der Waals surface area contributed by atoms with Crippen LogP contribution in [0.2, 0.25) is 0 Å². The average Bonchev–Trinajstić information content (AvgIpc) is 3.15. The molecule has 0 bridgehead atoms. The smallest absolute Gasteiger partial charge is 0.128 e. The van der Waals surface area contributed by atoms with E-state index in [1.54, 1.807) is 41.6 Å². The zero-order valence-corrected chi connectivity index (χ0v) is 18.2. The van der Waals surface area contributed by atoms with Gasteiger partial charge in [-0.1, -0.05) is 23.9 Å². The van der Waals surface area contributed by atoms with Crippen LogP contribution >= 0.6 is 23.1 Å². The fraction of sp³-hybridized carbons (Fsp3) is 0.250. The van der Waals surface area contributed by atoms with Gasteiger partial charge in [0.15, 0.2) is 0 Å². The van der Waals surface area contributed by atoms with Crippen LogP contribution < -0.4 is 4.74 Å². The molecule has 2 aromatic carbocycles. The molecule has 6 heteroatoms. The minimum absolute atomic E-state index is 0.222. The van der Waals surface area contributed by atoms with E-state index in [1.807, 2.05) is 6.92 Å². The molecule has 5 rings (SSSR count). The molecular formula is C24H21FN2OS2. The van der Waals surface area contributed by atoms with Crippen LogP contribution in [-0.2, 0) is 12.8 Å². The monoisotopic (exact) mass is 436 g/mol. The molecule has 1 aliphatic rings. The summed E-state index contributed by atoms with van der Waals surface area (Å²) < 4.78 is 18.8. The van der Waals surface area contributed by atoms with Crippen molar-refractivity contribution in [1.82, 2.24) is 9.97 Å². The number of fused-ring (bicyclic) bond motifs is 3. The summed E-state index contributed by atoms with van der Waals surface area (Å²) in [6.45, 7) is 2.69. The number of hydrogen-bond donors (Lipinski definition) is 0. The van der Waals surface area contributed by atoms with E-state index in [4.69, 9.17) is 4.74 Å². The summed E-state index contributed by atoms with van der Waals surface area (Å²) in [4.78, 5) is 12.6.